The van der Waals surface area contributed by atoms with Crippen molar-refractivity contribution >= 4 is 5.97 Å². The average molecular weight is 467 g/mol. The Morgan fingerprint density at radius 3 is 2.91 bits per heavy atom. The zero-order chi connectivity index (χ0) is 23.8. The van der Waals surface area contributed by atoms with Crippen LogP contribution in [0.1, 0.15) is 33.1 Å². The maximum atomic E-state index is 13.2. The van der Waals surface area contributed by atoms with Crippen molar-refractivity contribution < 1.29 is 38.3 Å². The monoisotopic (exact) mass is 466 g/mol. The Morgan fingerprint density at radius 2 is 2.15 bits per heavy atom. The number of aliphatic hydroxyl groups excluding tert-OH is 2. The van der Waals surface area contributed by atoms with Gasteiger partial charge in [-0.15, -0.1) is 0 Å². The third-order valence-electron chi connectivity index (χ3n) is 6.06. The molecule has 0 amide bonds. The molecule has 0 aromatic heterocycles. The fourth-order valence-corrected chi connectivity index (χ4v) is 4.50. The summed E-state index contributed by atoms with van der Waals surface area (Å²) < 4.78 is 35.3. The van der Waals surface area contributed by atoms with Crippen LogP contribution in [-0.4, -0.2) is 67.0 Å². The Labute approximate surface area is 194 Å². The molecule has 6 atom stereocenters. The summed E-state index contributed by atoms with van der Waals surface area (Å²) in [6, 6.07) is 5.76. The number of halogens is 1. The number of fused-ring (bicyclic) bond motifs is 1. The van der Waals surface area contributed by atoms with Gasteiger partial charge >= 0.3 is 5.97 Å². The van der Waals surface area contributed by atoms with Gasteiger partial charge in [0.2, 0.25) is 0 Å². The van der Waals surface area contributed by atoms with Gasteiger partial charge in [0, 0.05) is 24.3 Å². The molecule has 2 aliphatic rings. The lowest BCUT2D eigenvalue weighted by molar-refractivity contribution is -0.153. The summed E-state index contributed by atoms with van der Waals surface area (Å²) >= 11 is 0. The first-order valence-corrected chi connectivity index (χ1v) is 11.6. The highest BCUT2D eigenvalue weighted by molar-refractivity contribution is 5.70. The first kappa shape index (κ1) is 25.6. The van der Waals surface area contributed by atoms with Crippen LogP contribution < -0.4 is 4.74 Å². The number of carbonyl (C=O) groups is 1. The average Bonchev–Trinajstić information content (AvgIpc) is 2.92. The van der Waals surface area contributed by atoms with E-state index in [2.05, 4.69) is 0 Å². The third kappa shape index (κ3) is 8.07. The number of hydrogen-bond acceptors (Lipinski definition) is 7. The molecular weight excluding hydrogens is 431 g/mol. The van der Waals surface area contributed by atoms with E-state index < -0.39 is 18.0 Å². The minimum Gasteiger partial charge on any atom is -0.490 e. The van der Waals surface area contributed by atoms with Crippen molar-refractivity contribution in [3.8, 4) is 5.75 Å². The summed E-state index contributed by atoms with van der Waals surface area (Å²) in [5, 5.41) is 20.8. The molecule has 1 aliphatic heterocycles. The Hall–Kier alpha value is -2.00. The van der Waals surface area contributed by atoms with Crippen LogP contribution in [0.3, 0.4) is 0 Å². The van der Waals surface area contributed by atoms with Crippen molar-refractivity contribution in [3.05, 3.63) is 42.2 Å². The van der Waals surface area contributed by atoms with Gasteiger partial charge in [-0.25, -0.2) is 9.18 Å². The van der Waals surface area contributed by atoms with Crippen molar-refractivity contribution in [2.45, 2.75) is 57.5 Å². The molecule has 0 unspecified atom stereocenters. The van der Waals surface area contributed by atoms with E-state index in [4.69, 9.17) is 18.9 Å². The molecule has 1 heterocycles. The molecule has 0 bridgehead atoms. The molecule has 8 heteroatoms. The maximum absolute atomic E-state index is 13.2. The molecule has 3 rings (SSSR count). The molecule has 1 aromatic carbocycles. The van der Waals surface area contributed by atoms with Crippen molar-refractivity contribution in [2.24, 2.45) is 17.8 Å². The van der Waals surface area contributed by atoms with Crippen molar-refractivity contribution in [2.75, 3.05) is 26.4 Å². The van der Waals surface area contributed by atoms with Crippen molar-refractivity contribution in [3.63, 3.8) is 0 Å². The highest BCUT2D eigenvalue weighted by Crippen LogP contribution is 2.41. The van der Waals surface area contributed by atoms with Crippen molar-refractivity contribution in [1.82, 2.24) is 0 Å². The molecule has 0 spiro atoms. The number of esters is 1. The fourth-order valence-electron chi connectivity index (χ4n) is 4.50. The predicted octanol–water partition coefficient (Wildman–Crippen LogP) is 2.88. The zero-order valence-corrected chi connectivity index (χ0v) is 19.3. The van der Waals surface area contributed by atoms with Gasteiger partial charge in [-0.2, -0.15) is 0 Å². The van der Waals surface area contributed by atoms with E-state index in [1.54, 1.807) is 32.1 Å². The first-order chi connectivity index (χ1) is 15.8. The van der Waals surface area contributed by atoms with Crippen LogP contribution in [0.25, 0.3) is 0 Å². The Balaban J connectivity index is 1.45. The summed E-state index contributed by atoms with van der Waals surface area (Å²) in [5.74, 6) is -0.223. The van der Waals surface area contributed by atoms with Gasteiger partial charge in [0.1, 0.15) is 30.9 Å². The zero-order valence-electron chi connectivity index (χ0n) is 19.3. The summed E-state index contributed by atoms with van der Waals surface area (Å²) in [7, 11) is 0. The predicted molar refractivity (Wildman–Crippen MR) is 119 cm³/mol. The lowest BCUT2D eigenvalue weighted by Gasteiger charge is -2.21. The van der Waals surface area contributed by atoms with Gasteiger partial charge < -0.3 is 29.2 Å². The highest BCUT2D eigenvalue weighted by Gasteiger charge is 2.43. The van der Waals surface area contributed by atoms with Crippen LogP contribution in [0.15, 0.2) is 36.4 Å². The molecule has 7 nitrogen and oxygen atoms in total. The molecule has 0 radical (unpaired) electrons. The van der Waals surface area contributed by atoms with Gasteiger partial charge in [-0.3, -0.25) is 0 Å². The maximum Gasteiger partial charge on any atom is 0.332 e. The summed E-state index contributed by atoms with van der Waals surface area (Å²) in [6.45, 7) is 4.46. The van der Waals surface area contributed by atoms with E-state index in [0.29, 0.717) is 25.4 Å². The minimum absolute atomic E-state index is 0.00792. The lowest BCUT2D eigenvalue weighted by Crippen LogP contribution is -2.22. The normalized spacial score (nSPS) is 28.5. The summed E-state index contributed by atoms with van der Waals surface area (Å²) in [6.07, 6.45) is 4.11. The molecular formula is C25H35FO7. The highest BCUT2D eigenvalue weighted by atomic mass is 19.1. The molecule has 184 valence electrons. The van der Waals surface area contributed by atoms with Gasteiger partial charge in [0.05, 0.1) is 31.5 Å². The second-order valence-electron chi connectivity index (χ2n) is 9.13. The van der Waals surface area contributed by atoms with Crippen LogP contribution in [0, 0.1) is 23.6 Å². The number of carbonyl (C=O) groups excluding carboxylic acids is 1. The van der Waals surface area contributed by atoms with Crippen LogP contribution in [0.5, 0.6) is 5.75 Å². The summed E-state index contributed by atoms with van der Waals surface area (Å²) in [4.78, 5) is 11.6. The Bertz CT molecular complexity index is 784. The van der Waals surface area contributed by atoms with E-state index in [1.165, 1.54) is 12.1 Å². The molecule has 2 N–H and O–H groups in total. The van der Waals surface area contributed by atoms with E-state index in [9.17, 15) is 19.4 Å². The standard InChI is InChI=1S/C25H35FO7/c1-16(2)33-25(29)15-30-12-17-6-8-22-21(23(28)11-24(22)32-13-17)9-7-19(27)14-31-20-5-3-4-18(26)10-20/h3-5,7,9-10,16-17,19,21-24,27-28H,6,8,11-15H2,1-2H3/b9-7+/t17-,19-,21-,22-,23-,24+/m1/s1. The van der Waals surface area contributed by atoms with Gasteiger partial charge in [0.25, 0.3) is 0 Å². The van der Waals surface area contributed by atoms with Crippen LogP contribution in [0.2, 0.25) is 0 Å². The van der Waals surface area contributed by atoms with Crippen LogP contribution in [-0.2, 0) is 19.0 Å². The number of aliphatic hydroxyl groups is 2. The minimum atomic E-state index is -0.877. The molecule has 1 aromatic rings. The molecule has 2 fully saturated rings. The number of hydrogen-bond donors (Lipinski definition) is 2. The molecule has 1 saturated carbocycles. The molecule has 33 heavy (non-hydrogen) atoms. The van der Waals surface area contributed by atoms with E-state index in [0.717, 1.165) is 12.8 Å². The number of ether oxygens (including phenoxy) is 4. The quantitative estimate of drug-likeness (QED) is 0.404. The second-order valence-corrected chi connectivity index (χ2v) is 9.13. The van der Waals surface area contributed by atoms with Crippen LogP contribution >= 0.6 is 0 Å². The largest absolute Gasteiger partial charge is 0.490 e. The number of benzene rings is 1. The SMILES string of the molecule is CC(C)OC(=O)COC[C@H]1CC[C@@H]2[C@@H](/C=C/[C@@H](O)COc3cccc(F)c3)[C@H](O)C[C@@H]2OC1. The number of rotatable bonds is 10. The van der Waals surface area contributed by atoms with Gasteiger partial charge in [0.15, 0.2) is 0 Å². The van der Waals surface area contributed by atoms with E-state index in [1.807, 2.05) is 6.08 Å². The van der Waals surface area contributed by atoms with E-state index >= 15 is 0 Å². The molecule has 1 aliphatic carbocycles. The molecule has 1 saturated heterocycles. The van der Waals surface area contributed by atoms with Gasteiger partial charge in [-0.1, -0.05) is 18.2 Å². The third-order valence-corrected chi connectivity index (χ3v) is 6.06. The Kier molecular flexibility index (Phi) is 9.67. The summed E-state index contributed by atoms with van der Waals surface area (Å²) in [5.41, 5.74) is 0. The van der Waals surface area contributed by atoms with E-state index in [-0.39, 0.29) is 49.1 Å². The van der Waals surface area contributed by atoms with Crippen molar-refractivity contribution in [1.29, 1.82) is 0 Å². The van der Waals surface area contributed by atoms with Gasteiger partial charge in [-0.05, 0) is 44.7 Å². The Morgan fingerprint density at radius 1 is 1.33 bits per heavy atom. The lowest BCUT2D eigenvalue weighted by atomic mass is 9.87. The van der Waals surface area contributed by atoms with Crippen LogP contribution in [0.4, 0.5) is 4.39 Å². The second kappa shape index (κ2) is 12.5. The smallest absolute Gasteiger partial charge is 0.332 e. The fraction of sp³-hybridized carbons (Fsp3) is 0.640. The topological polar surface area (TPSA) is 94.5 Å². The first-order valence-electron chi connectivity index (χ1n) is 11.6.